The monoisotopic (exact) mass is 344 g/mol. The molecule has 1 saturated heterocycles. The zero-order valence-electron chi connectivity index (χ0n) is 13.0. The number of thioether (sulfide) groups is 1. The molecule has 1 heterocycles. The summed E-state index contributed by atoms with van der Waals surface area (Å²) in [5.41, 5.74) is 1.57. The van der Waals surface area contributed by atoms with Gasteiger partial charge < -0.3 is 10.6 Å². The number of nitriles is 1. The third-order valence-corrected chi connectivity index (χ3v) is 4.10. The summed E-state index contributed by atoms with van der Waals surface area (Å²) in [4.78, 5) is 36.0. The lowest BCUT2D eigenvalue weighted by molar-refractivity contribution is -0.124. The van der Waals surface area contributed by atoms with E-state index in [2.05, 4.69) is 10.6 Å². The lowest BCUT2D eigenvalue weighted by atomic mass is 10.2. The van der Waals surface area contributed by atoms with Crippen LogP contribution in [0.2, 0.25) is 0 Å². The van der Waals surface area contributed by atoms with Crippen molar-refractivity contribution in [2.75, 3.05) is 24.2 Å². The maximum absolute atomic E-state index is 12.0. The van der Waals surface area contributed by atoms with Crippen molar-refractivity contribution in [3.8, 4) is 6.07 Å². The van der Waals surface area contributed by atoms with Gasteiger partial charge >= 0.3 is 0 Å². The molecular weight excluding hydrogens is 328 g/mol. The molecule has 2 N–H and O–H groups in total. The first-order valence-electron chi connectivity index (χ1n) is 7.20. The number of amides is 3. The maximum atomic E-state index is 12.0. The van der Waals surface area contributed by atoms with Crippen LogP contribution in [-0.4, -0.2) is 40.8 Å². The zero-order valence-corrected chi connectivity index (χ0v) is 13.9. The SMILES string of the molecule is Cc1ccc(NC(=O)/C(C#N)=C\NCCN2C(=O)CSC2=O)cc1. The second kappa shape index (κ2) is 8.17. The standard InChI is InChI=1S/C16H16N4O3S/c1-11-2-4-13(5-3-11)19-15(22)12(8-17)9-18-6-7-20-14(21)10-24-16(20)23/h2-5,9,18H,6-7,10H2,1H3,(H,19,22)/b12-9-. The van der Waals surface area contributed by atoms with Crippen LogP contribution in [0.4, 0.5) is 10.5 Å². The van der Waals surface area contributed by atoms with Gasteiger partial charge in [0.05, 0.1) is 5.75 Å². The van der Waals surface area contributed by atoms with Crippen molar-refractivity contribution >= 4 is 34.5 Å². The van der Waals surface area contributed by atoms with Crippen molar-refractivity contribution in [3.63, 3.8) is 0 Å². The van der Waals surface area contributed by atoms with Crippen LogP contribution in [0.5, 0.6) is 0 Å². The Morgan fingerprint density at radius 2 is 2.08 bits per heavy atom. The summed E-state index contributed by atoms with van der Waals surface area (Å²) >= 11 is 0.967. The fourth-order valence-corrected chi connectivity index (χ4v) is 2.68. The van der Waals surface area contributed by atoms with E-state index in [-0.39, 0.29) is 35.6 Å². The molecule has 1 aliphatic rings. The van der Waals surface area contributed by atoms with E-state index < -0.39 is 5.91 Å². The van der Waals surface area contributed by atoms with Crippen LogP contribution >= 0.6 is 11.8 Å². The number of carbonyl (C=O) groups is 3. The first-order chi connectivity index (χ1) is 11.5. The minimum atomic E-state index is -0.530. The Bertz CT molecular complexity index is 706. The molecule has 0 unspecified atom stereocenters. The quantitative estimate of drug-likeness (QED) is 0.462. The van der Waals surface area contributed by atoms with Crippen molar-refractivity contribution in [1.29, 1.82) is 5.26 Å². The van der Waals surface area contributed by atoms with E-state index in [1.54, 1.807) is 12.1 Å². The van der Waals surface area contributed by atoms with Crippen molar-refractivity contribution in [2.24, 2.45) is 0 Å². The Kier molecular flexibility index (Phi) is 5.98. The number of carbonyl (C=O) groups excluding carboxylic acids is 3. The number of nitrogens with one attached hydrogen (secondary N) is 2. The highest BCUT2D eigenvalue weighted by atomic mass is 32.2. The number of rotatable bonds is 6. The summed E-state index contributed by atoms with van der Waals surface area (Å²) in [6.07, 6.45) is 1.28. The van der Waals surface area contributed by atoms with Gasteiger partial charge in [0.25, 0.3) is 11.1 Å². The first kappa shape index (κ1) is 17.6. The Morgan fingerprint density at radius 3 is 2.67 bits per heavy atom. The van der Waals surface area contributed by atoms with Crippen LogP contribution in [0.3, 0.4) is 0 Å². The lowest BCUT2D eigenvalue weighted by Crippen LogP contribution is -2.34. The van der Waals surface area contributed by atoms with Crippen LogP contribution in [0.25, 0.3) is 0 Å². The summed E-state index contributed by atoms with van der Waals surface area (Å²) in [6, 6.07) is 9.02. The number of anilines is 1. The Hall–Kier alpha value is -2.79. The molecule has 7 nitrogen and oxygen atoms in total. The van der Waals surface area contributed by atoms with Crippen LogP contribution in [-0.2, 0) is 9.59 Å². The van der Waals surface area contributed by atoms with Crippen molar-refractivity contribution < 1.29 is 14.4 Å². The molecule has 1 aromatic rings. The molecule has 24 heavy (non-hydrogen) atoms. The third kappa shape index (κ3) is 4.60. The average Bonchev–Trinajstić information content (AvgIpc) is 2.88. The summed E-state index contributed by atoms with van der Waals surface area (Å²) < 4.78 is 0. The third-order valence-electron chi connectivity index (χ3n) is 3.24. The largest absolute Gasteiger partial charge is 0.388 e. The number of hydrogen-bond donors (Lipinski definition) is 2. The van der Waals surface area contributed by atoms with Crippen molar-refractivity contribution in [3.05, 3.63) is 41.6 Å². The molecule has 1 fully saturated rings. The highest BCUT2D eigenvalue weighted by Crippen LogP contribution is 2.17. The second-order valence-electron chi connectivity index (χ2n) is 5.04. The van der Waals surface area contributed by atoms with E-state index in [4.69, 9.17) is 5.26 Å². The number of aryl methyl sites for hydroxylation is 1. The molecule has 3 amide bonds. The molecule has 0 aliphatic carbocycles. The average molecular weight is 344 g/mol. The van der Waals surface area contributed by atoms with Gasteiger partial charge in [0.2, 0.25) is 5.91 Å². The van der Waals surface area contributed by atoms with Gasteiger partial charge in [0, 0.05) is 25.0 Å². The van der Waals surface area contributed by atoms with Gasteiger partial charge in [0.1, 0.15) is 11.6 Å². The Balaban J connectivity index is 1.86. The molecule has 1 aromatic carbocycles. The van der Waals surface area contributed by atoms with Crippen LogP contribution in [0, 0.1) is 18.3 Å². The molecule has 1 aliphatic heterocycles. The van der Waals surface area contributed by atoms with Gasteiger partial charge in [-0.1, -0.05) is 29.5 Å². The van der Waals surface area contributed by atoms with Gasteiger partial charge in [-0.05, 0) is 19.1 Å². The van der Waals surface area contributed by atoms with E-state index in [9.17, 15) is 14.4 Å². The fourth-order valence-electron chi connectivity index (χ4n) is 1.93. The Morgan fingerprint density at radius 1 is 1.38 bits per heavy atom. The predicted octanol–water partition coefficient (Wildman–Crippen LogP) is 1.63. The molecule has 0 radical (unpaired) electrons. The topological polar surface area (TPSA) is 102 Å². The van der Waals surface area contributed by atoms with Crippen molar-refractivity contribution in [2.45, 2.75) is 6.92 Å². The van der Waals surface area contributed by atoms with Gasteiger partial charge in [-0.15, -0.1) is 0 Å². The van der Waals surface area contributed by atoms with Crippen LogP contribution in [0.1, 0.15) is 5.56 Å². The Labute approximate surface area is 143 Å². The number of imide groups is 1. The first-order valence-corrected chi connectivity index (χ1v) is 8.18. The number of hydrogen-bond acceptors (Lipinski definition) is 6. The number of benzene rings is 1. The molecule has 2 rings (SSSR count). The fraction of sp³-hybridized carbons (Fsp3) is 0.250. The molecule has 8 heteroatoms. The molecule has 0 atom stereocenters. The molecule has 0 bridgehead atoms. The lowest BCUT2D eigenvalue weighted by Gasteiger charge is -2.12. The van der Waals surface area contributed by atoms with Gasteiger partial charge in [-0.3, -0.25) is 19.3 Å². The van der Waals surface area contributed by atoms with E-state index in [1.165, 1.54) is 6.20 Å². The summed E-state index contributed by atoms with van der Waals surface area (Å²) in [5.74, 6) is -0.594. The van der Waals surface area contributed by atoms with E-state index in [1.807, 2.05) is 25.1 Å². The van der Waals surface area contributed by atoms with E-state index in [0.29, 0.717) is 5.69 Å². The van der Waals surface area contributed by atoms with Gasteiger partial charge in [-0.25, -0.2) is 0 Å². The maximum Gasteiger partial charge on any atom is 0.288 e. The molecular formula is C16H16N4O3S. The summed E-state index contributed by atoms with van der Waals surface area (Å²) in [6.45, 7) is 2.39. The summed E-state index contributed by atoms with van der Waals surface area (Å²) in [7, 11) is 0. The molecule has 0 aromatic heterocycles. The van der Waals surface area contributed by atoms with E-state index in [0.717, 1.165) is 22.2 Å². The van der Waals surface area contributed by atoms with Crippen LogP contribution in [0.15, 0.2) is 36.0 Å². The zero-order chi connectivity index (χ0) is 17.5. The molecule has 0 saturated carbocycles. The smallest absolute Gasteiger partial charge is 0.288 e. The van der Waals surface area contributed by atoms with Gasteiger partial charge in [-0.2, -0.15) is 5.26 Å². The minimum Gasteiger partial charge on any atom is -0.388 e. The van der Waals surface area contributed by atoms with Crippen LogP contribution < -0.4 is 10.6 Å². The second-order valence-corrected chi connectivity index (χ2v) is 5.97. The summed E-state index contributed by atoms with van der Waals surface area (Å²) in [5, 5.41) is 14.2. The highest BCUT2D eigenvalue weighted by molar-refractivity contribution is 8.14. The molecule has 0 spiro atoms. The number of nitrogens with zero attached hydrogens (tertiary/aromatic N) is 2. The highest BCUT2D eigenvalue weighted by Gasteiger charge is 2.28. The molecule has 124 valence electrons. The van der Waals surface area contributed by atoms with Crippen molar-refractivity contribution in [1.82, 2.24) is 10.2 Å². The minimum absolute atomic E-state index is 0.0935. The van der Waals surface area contributed by atoms with E-state index >= 15 is 0 Å². The predicted molar refractivity (Wildman–Crippen MR) is 91.1 cm³/mol. The van der Waals surface area contributed by atoms with Gasteiger partial charge in [0.15, 0.2) is 0 Å². The normalized spacial score (nSPS) is 14.5.